The lowest BCUT2D eigenvalue weighted by molar-refractivity contribution is -0.140. The highest BCUT2D eigenvalue weighted by Crippen LogP contribution is 2.32. The molecule has 2 saturated heterocycles. The van der Waals surface area contributed by atoms with Crippen LogP contribution in [-0.2, 0) is 15.1 Å². The van der Waals surface area contributed by atoms with E-state index >= 15 is 0 Å². The van der Waals surface area contributed by atoms with E-state index in [-0.39, 0.29) is 12.5 Å². The van der Waals surface area contributed by atoms with Crippen LogP contribution in [0.3, 0.4) is 0 Å². The second-order valence-electron chi connectivity index (χ2n) is 7.15. The van der Waals surface area contributed by atoms with Gasteiger partial charge >= 0.3 is 6.03 Å². The Morgan fingerprint density at radius 3 is 2.42 bits per heavy atom. The zero-order chi connectivity index (χ0) is 18.9. The number of urea groups is 1. The maximum Gasteiger partial charge on any atom is 0.325 e. The number of amides is 4. The minimum absolute atomic E-state index is 0.216. The topological polar surface area (TPSA) is 69.7 Å². The van der Waals surface area contributed by atoms with Crippen molar-refractivity contribution >= 4 is 17.8 Å². The SMILES string of the molecule is CCC1(c2ccc(F)cc2)NC(=O)N(CC(=O)N2CCC(C)CC2)C1=O. The van der Waals surface area contributed by atoms with E-state index in [1.165, 1.54) is 24.3 Å². The number of halogens is 1. The Kier molecular flexibility index (Phi) is 4.98. The molecule has 1 aromatic carbocycles. The Hall–Kier alpha value is -2.44. The maximum atomic E-state index is 13.2. The number of piperidine rings is 1. The van der Waals surface area contributed by atoms with Crippen LogP contribution >= 0.6 is 0 Å². The summed E-state index contributed by atoms with van der Waals surface area (Å²) in [5.41, 5.74) is -0.733. The first-order valence-corrected chi connectivity index (χ1v) is 9.05. The van der Waals surface area contributed by atoms with Crippen molar-refractivity contribution in [2.24, 2.45) is 5.92 Å². The molecule has 2 fully saturated rings. The monoisotopic (exact) mass is 361 g/mol. The smallest absolute Gasteiger partial charge is 0.325 e. The van der Waals surface area contributed by atoms with Crippen LogP contribution in [0.15, 0.2) is 24.3 Å². The van der Waals surface area contributed by atoms with Gasteiger partial charge in [-0.3, -0.25) is 14.5 Å². The normalized spacial score (nSPS) is 24.1. The summed E-state index contributed by atoms with van der Waals surface area (Å²) in [6, 6.07) is 4.92. The van der Waals surface area contributed by atoms with Gasteiger partial charge in [0.15, 0.2) is 0 Å². The second-order valence-corrected chi connectivity index (χ2v) is 7.15. The van der Waals surface area contributed by atoms with Crippen molar-refractivity contribution in [3.63, 3.8) is 0 Å². The molecule has 140 valence electrons. The minimum Gasteiger partial charge on any atom is -0.341 e. The average Bonchev–Trinajstić information content (AvgIpc) is 2.88. The second kappa shape index (κ2) is 7.05. The van der Waals surface area contributed by atoms with Crippen LogP contribution in [-0.4, -0.2) is 47.3 Å². The lowest BCUT2D eigenvalue weighted by atomic mass is 9.87. The highest BCUT2D eigenvalue weighted by Gasteiger charge is 2.51. The quantitative estimate of drug-likeness (QED) is 0.836. The number of hydrogen-bond acceptors (Lipinski definition) is 3. The molecule has 0 saturated carbocycles. The summed E-state index contributed by atoms with van der Waals surface area (Å²) in [4.78, 5) is 40.6. The van der Waals surface area contributed by atoms with Gasteiger partial charge < -0.3 is 10.2 Å². The summed E-state index contributed by atoms with van der Waals surface area (Å²) in [6.07, 6.45) is 2.18. The van der Waals surface area contributed by atoms with Crippen molar-refractivity contribution < 1.29 is 18.8 Å². The molecule has 2 heterocycles. The number of nitrogens with one attached hydrogen (secondary N) is 1. The Morgan fingerprint density at radius 1 is 1.23 bits per heavy atom. The Labute approximate surface area is 152 Å². The molecule has 2 aliphatic rings. The molecule has 1 unspecified atom stereocenters. The van der Waals surface area contributed by atoms with E-state index in [4.69, 9.17) is 0 Å². The molecule has 2 aliphatic heterocycles. The van der Waals surface area contributed by atoms with Gasteiger partial charge in [0.1, 0.15) is 17.9 Å². The summed E-state index contributed by atoms with van der Waals surface area (Å²) in [7, 11) is 0. The minimum atomic E-state index is -1.25. The van der Waals surface area contributed by atoms with Crippen LogP contribution in [0.2, 0.25) is 0 Å². The van der Waals surface area contributed by atoms with E-state index in [2.05, 4.69) is 12.2 Å². The standard InChI is InChI=1S/C19H24FN3O3/c1-3-19(14-4-6-15(20)7-5-14)17(25)23(18(26)21-19)12-16(24)22-10-8-13(2)9-11-22/h4-7,13H,3,8-12H2,1-2H3,(H,21,26). The summed E-state index contributed by atoms with van der Waals surface area (Å²) in [6.45, 7) is 4.97. The van der Waals surface area contributed by atoms with Gasteiger partial charge in [0.2, 0.25) is 5.91 Å². The van der Waals surface area contributed by atoms with Gasteiger partial charge in [0, 0.05) is 13.1 Å². The number of carbonyl (C=O) groups excluding carboxylic acids is 3. The number of benzene rings is 1. The Balaban J connectivity index is 1.77. The van der Waals surface area contributed by atoms with Gasteiger partial charge in [-0.15, -0.1) is 0 Å². The largest absolute Gasteiger partial charge is 0.341 e. The highest BCUT2D eigenvalue weighted by molar-refractivity contribution is 6.09. The summed E-state index contributed by atoms with van der Waals surface area (Å²) in [5, 5.41) is 2.71. The van der Waals surface area contributed by atoms with Crippen LogP contribution < -0.4 is 5.32 Å². The molecule has 3 rings (SSSR count). The molecule has 7 heteroatoms. The molecular weight excluding hydrogens is 337 g/mol. The molecule has 1 aromatic rings. The molecule has 0 radical (unpaired) electrons. The van der Waals surface area contributed by atoms with Crippen LogP contribution in [0.4, 0.5) is 9.18 Å². The predicted molar refractivity (Wildman–Crippen MR) is 93.6 cm³/mol. The van der Waals surface area contributed by atoms with Crippen molar-refractivity contribution in [2.75, 3.05) is 19.6 Å². The molecule has 1 atom stereocenters. The van der Waals surface area contributed by atoms with Crippen LogP contribution in [0.25, 0.3) is 0 Å². The first-order chi connectivity index (χ1) is 12.4. The molecule has 0 bridgehead atoms. The molecule has 4 amide bonds. The Morgan fingerprint density at radius 2 is 1.85 bits per heavy atom. The van der Waals surface area contributed by atoms with Gasteiger partial charge in [0.05, 0.1) is 0 Å². The van der Waals surface area contributed by atoms with E-state index < -0.39 is 23.3 Å². The first kappa shape index (κ1) is 18.4. The zero-order valence-corrected chi connectivity index (χ0v) is 15.1. The molecule has 26 heavy (non-hydrogen) atoms. The molecule has 0 spiro atoms. The van der Waals surface area contributed by atoms with Crippen molar-refractivity contribution in [2.45, 2.75) is 38.6 Å². The lowest BCUT2D eigenvalue weighted by Gasteiger charge is -2.31. The highest BCUT2D eigenvalue weighted by atomic mass is 19.1. The zero-order valence-electron chi connectivity index (χ0n) is 15.1. The lowest BCUT2D eigenvalue weighted by Crippen LogP contribution is -2.47. The summed E-state index contributed by atoms with van der Waals surface area (Å²) >= 11 is 0. The Bertz CT molecular complexity index is 713. The first-order valence-electron chi connectivity index (χ1n) is 9.05. The van der Waals surface area contributed by atoms with E-state index in [0.29, 0.717) is 31.0 Å². The van der Waals surface area contributed by atoms with E-state index in [9.17, 15) is 18.8 Å². The summed E-state index contributed by atoms with van der Waals surface area (Å²) in [5.74, 6) is -0.508. The van der Waals surface area contributed by atoms with Crippen molar-refractivity contribution in [1.29, 1.82) is 0 Å². The number of likely N-dealkylation sites (tertiary alicyclic amines) is 1. The van der Waals surface area contributed by atoms with Gasteiger partial charge in [-0.25, -0.2) is 9.18 Å². The van der Waals surface area contributed by atoms with Gasteiger partial charge in [0.25, 0.3) is 5.91 Å². The van der Waals surface area contributed by atoms with Gasteiger partial charge in [-0.05, 0) is 42.9 Å². The molecule has 0 aliphatic carbocycles. The maximum absolute atomic E-state index is 13.2. The third-order valence-corrected chi connectivity index (χ3v) is 5.47. The van der Waals surface area contributed by atoms with Gasteiger partial charge in [-0.1, -0.05) is 26.0 Å². The van der Waals surface area contributed by atoms with Crippen molar-refractivity contribution in [3.05, 3.63) is 35.6 Å². The van der Waals surface area contributed by atoms with Crippen LogP contribution in [0, 0.1) is 11.7 Å². The third kappa shape index (κ3) is 3.18. The van der Waals surface area contributed by atoms with Crippen LogP contribution in [0.5, 0.6) is 0 Å². The summed E-state index contributed by atoms with van der Waals surface area (Å²) < 4.78 is 13.2. The number of hydrogen-bond donors (Lipinski definition) is 1. The third-order valence-electron chi connectivity index (χ3n) is 5.47. The fourth-order valence-corrected chi connectivity index (χ4v) is 3.64. The molecule has 1 N–H and O–H groups in total. The number of carbonyl (C=O) groups is 3. The average molecular weight is 361 g/mol. The number of nitrogens with zero attached hydrogens (tertiary/aromatic N) is 2. The van der Waals surface area contributed by atoms with Crippen molar-refractivity contribution in [1.82, 2.24) is 15.1 Å². The van der Waals surface area contributed by atoms with E-state index in [0.717, 1.165) is 17.7 Å². The fraction of sp³-hybridized carbons (Fsp3) is 0.526. The number of rotatable bonds is 4. The molecule has 6 nitrogen and oxygen atoms in total. The number of imide groups is 1. The van der Waals surface area contributed by atoms with E-state index in [1.54, 1.807) is 11.8 Å². The predicted octanol–water partition coefficient (Wildman–Crippen LogP) is 2.24. The van der Waals surface area contributed by atoms with Crippen LogP contribution in [0.1, 0.15) is 38.7 Å². The van der Waals surface area contributed by atoms with E-state index in [1.807, 2.05) is 0 Å². The van der Waals surface area contributed by atoms with Gasteiger partial charge in [-0.2, -0.15) is 0 Å². The van der Waals surface area contributed by atoms with Crippen molar-refractivity contribution in [3.8, 4) is 0 Å². The molecule has 0 aromatic heterocycles. The fourth-order valence-electron chi connectivity index (χ4n) is 3.64. The molecular formula is C19H24FN3O3.